The number of carbonyl (C=O) groups excluding carboxylic acids is 2. The largest absolute Gasteiger partial charge is 0.394 e. The van der Waals surface area contributed by atoms with Crippen LogP contribution in [0.1, 0.15) is 50.7 Å². The third kappa shape index (κ3) is 5.14. The summed E-state index contributed by atoms with van der Waals surface area (Å²) in [6, 6.07) is 3.39. The van der Waals surface area contributed by atoms with Gasteiger partial charge in [0.2, 0.25) is 11.8 Å². The number of rotatable bonds is 7. The van der Waals surface area contributed by atoms with Gasteiger partial charge >= 0.3 is 0 Å². The van der Waals surface area contributed by atoms with Crippen LogP contribution in [-0.2, 0) is 15.0 Å². The first-order chi connectivity index (χ1) is 17.8. The van der Waals surface area contributed by atoms with Gasteiger partial charge in [0.15, 0.2) is 0 Å². The van der Waals surface area contributed by atoms with Crippen LogP contribution in [0.15, 0.2) is 30.3 Å². The Morgan fingerprint density at radius 1 is 1.16 bits per heavy atom. The van der Waals surface area contributed by atoms with Crippen LogP contribution < -0.4 is 16.0 Å². The van der Waals surface area contributed by atoms with Gasteiger partial charge in [0.1, 0.15) is 22.9 Å². The topological polar surface area (TPSA) is 111 Å². The van der Waals surface area contributed by atoms with E-state index in [9.17, 15) is 27.9 Å². The lowest BCUT2D eigenvalue weighted by atomic mass is 9.62. The molecule has 2 aromatic rings. The number of hydrogen-bond acceptors (Lipinski definition) is 5. The van der Waals surface area contributed by atoms with Crippen LogP contribution in [0.4, 0.5) is 18.9 Å². The molecule has 5 N–H and O–H groups in total. The Labute approximate surface area is 223 Å². The maximum atomic E-state index is 14.9. The van der Waals surface area contributed by atoms with Crippen LogP contribution in [0.2, 0.25) is 5.02 Å². The van der Waals surface area contributed by atoms with E-state index in [0.29, 0.717) is 12.5 Å². The van der Waals surface area contributed by atoms with Crippen LogP contribution in [0, 0.1) is 22.9 Å². The zero-order chi connectivity index (χ0) is 28.0. The third-order valence-corrected chi connectivity index (χ3v) is 7.50. The smallest absolute Gasteiger partial charge is 0.237 e. The van der Waals surface area contributed by atoms with E-state index in [1.54, 1.807) is 0 Å². The van der Waals surface area contributed by atoms with E-state index in [0.717, 1.165) is 18.2 Å². The van der Waals surface area contributed by atoms with E-state index in [2.05, 4.69) is 16.0 Å². The second kappa shape index (κ2) is 10.5. The highest BCUT2D eigenvalue weighted by atomic mass is 35.5. The van der Waals surface area contributed by atoms with Gasteiger partial charge in [-0.05, 0) is 53.6 Å². The molecule has 0 unspecified atom stereocenters. The summed E-state index contributed by atoms with van der Waals surface area (Å²) in [7, 11) is 0. The normalized spacial score (nSPS) is 25.4. The minimum absolute atomic E-state index is 0.00687. The molecule has 0 aliphatic carbocycles. The molecule has 4 rings (SSSR count). The van der Waals surface area contributed by atoms with E-state index in [4.69, 9.17) is 16.7 Å². The molecule has 0 saturated carbocycles. The average Bonchev–Trinajstić information content (AvgIpc) is 3.28. The van der Waals surface area contributed by atoms with Gasteiger partial charge in [-0.2, -0.15) is 0 Å². The number of benzene rings is 2. The molecule has 2 heterocycles. The summed E-state index contributed by atoms with van der Waals surface area (Å²) in [5, 5.41) is 27.2. The zero-order valence-electron chi connectivity index (χ0n) is 21.2. The average molecular weight is 554 g/mol. The Morgan fingerprint density at radius 2 is 1.82 bits per heavy atom. The Kier molecular flexibility index (Phi) is 7.82. The van der Waals surface area contributed by atoms with Gasteiger partial charge in [-0.15, -0.1) is 0 Å². The number of nitrogens with one attached hydrogen (secondary N) is 3. The van der Waals surface area contributed by atoms with Crippen molar-refractivity contribution in [1.82, 2.24) is 10.6 Å². The lowest BCUT2D eigenvalue weighted by Crippen LogP contribution is -2.49. The second-order valence-corrected chi connectivity index (χ2v) is 11.6. The van der Waals surface area contributed by atoms with Crippen LogP contribution in [-0.4, -0.2) is 53.4 Å². The van der Waals surface area contributed by atoms with E-state index in [1.807, 2.05) is 20.8 Å². The number of fused-ring (bicyclic) bond motifs is 2. The molecule has 0 radical (unpaired) electrons. The fourth-order valence-corrected chi connectivity index (χ4v) is 5.92. The zero-order valence-corrected chi connectivity index (χ0v) is 22.0. The number of aliphatic hydroxyl groups excluding tert-OH is 2. The van der Waals surface area contributed by atoms with Crippen LogP contribution >= 0.6 is 11.6 Å². The SMILES string of the molecule is CC(C)(C)C[C@H]1N[C@@H](C(=O)NCC[C@@H](O)CO)[C@H](c2cc(F)cc(F)c2)[C@@]12C(=O)Nc1cc(Cl)c(F)cc12. The summed E-state index contributed by atoms with van der Waals surface area (Å²) in [5.74, 6) is -4.80. The maximum absolute atomic E-state index is 14.9. The standard InChI is InChI=1S/C27H31ClF3N3O4/c1-26(2,3)11-21-27(17-9-19(31)18(28)10-20(17)33-25(27)38)22(13-6-14(29)8-15(30)7-13)23(34-21)24(37)32-5-4-16(36)12-35/h6-10,16,21-23,34-36H,4-5,11-12H2,1-3H3,(H,32,37)(H,33,38)/t16-,21-,22+,23-,27+/m1/s1. The number of carbonyl (C=O) groups is 2. The lowest BCUT2D eigenvalue weighted by molar-refractivity contribution is -0.124. The summed E-state index contributed by atoms with van der Waals surface area (Å²) >= 11 is 6.00. The van der Waals surface area contributed by atoms with Crippen LogP contribution in [0.3, 0.4) is 0 Å². The van der Waals surface area contributed by atoms with Gasteiger partial charge in [-0.3, -0.25) is 9.59 Å². The first kappa shape index (κ1) is 28.4. The molecule has 1 saturated heterocycles. The number of anilines is 1. The molecule has 0 aromatic heterocycles. The van der Waals surface area contributed by atoms with Crippen molar-refractivity contribution in [3.05, 3.63) is 63.9 Å². The highest BCUT2D eigenvalue weighted by molar-refractivity contribution is 6.31. The monoisotopic (exact) mass is 553 g/mol. The first-order valence-corrected chi connectivity index (χ1v) is 12.8. The molecule has 1 spiro atoms. The predicted octanol–water partition coefficient (Wildman–Crippen LogP) is 3.37. The second-order valence-electron chi connectivity index (χ2n) is 11.2. The van der Waals surface area contributed by atoms with Gasteiger partial charge in [-0.1, -0.05) is 32.4 Å². The van der Waals surface area contributed by atoms with Gasteiger partial charge in [0.25, 0.3) is 0 Å². The summed E-state index contributed by atoms with van der Waals surface area (Å²) in [6.45, 7) is 5.36. The van der Waals surface area contributed by atoms with Crippen molar-refractivity contribution < 1.29 is 33.0 Å². The highest BCUT2D eigenvalue weighted by Gasteiger charge is 2.66. The molecule has 206 valence electrons. The molecule has 2 aromatic carbocycles. The molecule has 38 heavy (non-hydrogen) atoms. The predicted molar refractivity (Wildman–Crippen MR) is 136 cm³/mol. The summed E-state index contributed by atoms with van der Waals surface area (Å²) < 4.78 is 43.9. The molecule has 2 amide bonds. The molecule has 0 bridgehead atoms. The molecule has 2 aliphatic rings. The van der Waals surface area contributed by atoms with Crippen LogP contribution in [0.25, 0.3) is 0 Å². The molecule has 5 atom stereocenters. The summed E-state index contributed by atoms with van der Waals surface area (Å²) in [6.07, 6.45) is -0.622. The third-order valence-electron chi connectivity index (χ3n) is 7.21. The fourth-order valence-electron chi connectivity index (χ4n) is 5.75. The van der Waals surface area contributed by atoms with E-state index >= 15 is 0 Å². The summed E-state index contributed by atoms with van der Waals surface area (Å²) in [4.78, 5) is 27.5. The lowest BCUT2D eigenvalue weighted by Gasteiger charge is -2.37. The van der Waals surface area contributed by atoms with Crippen LogP contribution in [0.5, 0.6) is 0 Å². The number of hydrogen-bond donors (Lipinski definition) is 5. The number of halogens is 4. The highest BCUT2D eigenvalue weighted by Crippen LogP contribution is 2.57. The van der Waals surface area contributed by atoms with Gasteiger partial charge in [0.05, 0.1) is 23.8 Å². The fraction of sp³-hybridized carbons (Fsp3) is 0.481. The van der Waals surface area contributed by atoms with Gasteiger partial charge in [-0.25, -0.2) is 13.2 Å². The van der Waals surface area contributed by atoms with Crippen molar-refractivity contribution in [2.45, 2.75) is 63.1 Å². The van der Waals surface area contributed by atoms with E-state index in [1.165, 1.54) is 6.07 Å². The minimum Gasteiger partial charge on any atom is -0.394 e. The summed E-state index contributed by atoms with van der Waals surface area (Å²) in [5.41, 5.74) is -1.42. The van der Waals surface area contributed by atoms with Crippen molar-refractivity contribution in [2.75, 3.05) is 18.5 Å². The maximum Gasteiger partial charge on any atom is 0.237 e. The number of amides is 2. The van der Waals surface area contributed by atoms with Crippen molar-refractivity contribution in [2.24, 2.45) is 5.41 Å². The molecule has 1 fully saturated rings. The molecule has 2 aliphatic heterocycles. The van der Waals surface area contributed by atoms with Gasteiger partial charge in [0, 0.05) is 30.3 Å². The molecule has 7 nitrogen and oxygen atoms in total. The Balaban J connectivity index is 1.91. The molecule has 11 heteroatoms. The molecular formula is C27H31ClF3N3O4. The Bertz CT molecular complexity index is 1230. The van der Waals surface area contributed by atoms with Crippen molar-refractivity contribution in [1.29, 1.82) is 0 Å². The van der Waals surface area contributed by atoms with Crippen molar-refractivity contribution in [3.8, 4) is 0 Å². The van der Waals surface area contributed by atoms with Gasteiger partial charge < -0.3 is 26.2 Å². The van der Waals surface area contributed by atoms with E-state index < -0.39 is 65.4 Å². The minimum atomic E-state index is -1.61. The Morgan fingerprint density at radius 3 is 2.42 bits per heavy atom. The molecular weight excluding hydrogens is 523 g/mol. The van der Waals surface area contributed by atoms with E-state index in [-0.39, 0.29) is 40.2 Å². The quantitative estimate of drug-likeness (QED) is 0.361. The number of aliphatic hydroxyl groups is 2. The Hall–Kier alpha value is -2.66. The van der Waals surface area contributed by atoms with Crippen molar-refractivity contribution in [3.63, 3.8) is 0 Å². The van der Waals surface area contributed by atoms with Crippen molar-refractivity contribution >= 4 is 29.1 Å². The first-order valence-electron chi connectivity index (χ1n) is 12.4.